The third-order valence-corrected chi connectivity index (χ3v) is 5.22. The minimum atomic E-state index is -4.03. The van der Waals surface area contributed by atoms with E-state index < -0.39 is 45.2 Å². The number of carbonyl (C=O) groups excluding carboxylic acids is 1. The van der Waals surface area contributed by atoms with Crippen LogP contribution < -0.4 is 14.2 Å². The summed E-state index contributed by atoms with van der Waals surface area (Å²) >= 11 is 0. The Kier molecular flexibility index (Phi) is 5.71. The zero-order valence-corrected chi connectivity index (χ0v) is 16.3. The molecule has 2 aromatic carbocycles. The first-order valence-electron chi connectivity index (χ1n) is 8.43. The van der Waals surface area contributed by atoms with Crippen molar-refractivity contribution in [2.24, 2.45) is 0 Å². The van der Waals surface area contributed by atoms with Crippen LogP contribution in [0.5, 0.6) is 17.2 Å². The molecule has 29 heavy (non-hydrogen) atoms. The highest BCUT2D eigenvalue weighted by Gasteiger charge is 2.32. The van der Waals surface area contributed by atoms with E-state index in [1.54, 1.807) is 12.1 Å². The molecular formula is C18H17NO9S. The minimum absolute atomic E-state index is 0.0172. The Balaban J connectivity index is 1.79. The van der Waals surface area contributed by atoms with Crippen LogP contribution in [0, 0.1) is 17.0 Å². The van der Waals surface area contributed by atoms with Gasteiger partial charge in [-0.25, -0.2) is 0 Å². The molecule has 3 rings (SSSR count). The number of benzene rings is 2. The molecule has 0 amide bonds. The lowest BCUT2D eigenvalue weighted by Gasteiger charge is -2.27. The van der Waals surface area contributed by atoms with E-state index >= 15 is 0 Å². The second-order valence-corrected chi connectivity index (χ2v) is 7.81. The van der Waals surface area contributed by atoms with Crippen molar-refractivity contribution < 1.29 is 36.5 Å². The largest absolute Gasteiger partial charge is 0.486 e. The lowest BCUT2D eigenvalue weighted by molar-refractivity contribution is -0.385. The Hall–Kier alpha value is -3.18. The highest BCUT2D eigenvalue weighted by Crippen LogP contribution is 2.46. The van der Waals surface area contributed by atoms with E-state index in [4.69, 9.17) is 18.4 Å². The van der Waals surface area contributed by atoms with E-state index in [2.05, 4.69) is 0 Å². The predicted octanol–water partition coefficient (Wildman–Crippen LogP) is 2.37. The molecular weight excluding hydrogens is 406 g/mol. The van der Waals surface area contributed by atoms with Crippen LogP contribution in [0.2, 0.25) is 0 Å². The summed E-state index contributed by atoms with van der Waals surface area (Å²) in [5.41, 5.74) is 0.403. The summed E-state index contributed by atoms with van der Waals surface area (Å²) in [6.07, 6.45) is -0.904. The molecule has 2 aromatic rings. The normalized spacial score (nSPS) is 15.6. The molecule has 11 heteroatoms. The van der Waals surface area contributed by atoms with Crippen molar-refractivity contribution in [3.8, 4) is 17.2 Å². The van der Waals surface area contributed by atoms with E-state index in [9.17, 15) is 23.3 Å². The molecule has 0 saturated heterocycles. The summed E-state index contributed by atoms with van der Waals surface area (Å²) in [6, 6.07) is 8.54. The van der Waals surface area contributed by atoms with Crippen molar-refractivity contribution >= 4 is 21.8 Å². The number of nitro benzene ring substituents is 1. The zero-order chi connectivity index (χ0) is 21.2. The molecule has 0 fully saturated rings. The van der Waals surface area contributed by atoms with Crippen molar-refractivity contribution in [3.05, 3.63) is 52.1 Å². The molecule has 0 saturated carbocycles. The van der Waals surface area contributed by atoms with Crippen molar-refractivity contribution in [3.63, 3.8) is 0 Å². The molecule has 0 N–H and O–H groups in total. The number of carbonyl (C=O) groups is 1. The first kappa shape index (κ1) is 20.6. The van der Waals surface area contributed by atoms with Crippen molar-refractivity contribution in [1.29, 1.82) is 0 Å². The number of nitrogens with zero attached hydrogens (tertiary/aromatic N) is 1. The standard InChI is InChI=1S/C18H17NO9S/c1-11-3-5-14(6-4-11)29(23,24)26-10-13-9-25-16-8-7-15(19(21)22)17(18(16)28-13)27-12(2)20/h3-8,13H,9-10H2,1-2H3/t13-/m1/s1. The van der Waals surface area contributed by atoms with Crippen LogP contribution in [-0.2, 0) is 19.1 Å². The smallest absolute Gasteiger partial charge is 0.315 e. The topological polar surface area (TPSA) is 131 Å². The van der Waals surface area contributed by atoms with Gasteiger partial charge in [0.2, 0.25) is 5.75 Å². The van der Waals surface area contributed by atoms with Crippen LogP contribution in [-0.4, -0.2) is 38.6 Å². The van der Waals surface area contributed by atoms with Gasteiger partial charge in [0.25, 0.3) is 15.9 Å². The number of nitro groups is 1. The number of esters is 1. The SMILES string of the molecule is CC(=O)Oc1c([N+](=O)[O-])ccc2c1O[C@@H](COS(=O)(=O)c1ccc(C)cc1)CO2. The fraction of sp³-hybridized carbons (Fsp3) is 0.278. The number of aryl methyl sites for hydroxylation is 1. The van der Waals surface area contributed by atoms with Crippen LogP contribution in [0.15, 0.2) is 41.3 Å². The van der Waals surface area contributed by atoms with Gasteiger partial charge in [0, 0.05) is 13.0 Å². The minimum Gasteiger partial charge on any atom is -0.486 e. The summed E-state index contributed by atoms with van der Waals surface area (Å²) in [5.74, 6) is -1.23. The van der Waals surface area contributed by atoms with E-state index in [0.717, 1.165) is 18.6 Å². The lowest BCUT2D eigenvalue weighted by atomic mass is 10.2. The average molecular weight is 423 g/mol. The van der Waals surface area contributed by atoms with E-state index in [1.165, 1.54) is 18.2 Å². The average Bonchev–Trinajstić information content (AvgIpc) is 2.66. The number of hydrogen-bond acceptors (Lipinski definition) is 9. The second kappa shape index (κ2) is 8.05. The molecule has 0 aromatic heterocycles. The van der Waals surface area contributed by atoms with Gasteiger partial charge in [-0.2, -0.15) is 8.42 Å². The first-order valence-corrected chi connectivity index (χ1v) is 9.83. The molecule has 1 atom stereocenters. The van der Waals surface area contributed by atoms with Gasteiger partial charge in [0.05, 0.1) is 9.82 Å². The molecule has 0 spiro atoms. The molecule has 10 nitrogen and oxygen atoms in total. The second-order valence-electron chi connectivity index (χ2n) is 6.19. The fourth-order valence-electron chi connectivity index (χ4n) is 2.55. The predicted molar refractivity (Wildman–Crippen MR) is 98.6 cm³/mol. The number of hydrogen-bond donors (Lipinski definition) is 0. The maximum absolute atomic E-state index is 12.3. The number of rotatable bonds is 6. The van der Waals surface area contributed by atoms with Gasteiger partial charge in [-0.05, 0) is 25.1 Å². The van der Waals surface area contributed by atoms with Crippen LogP contribution in [0.4, 0.5) is 5.69 Å². The van der Waals surface area contributed by atoms with Crippen molar-refractivity contribution in [2.45, 2.75) is 24.8 Å². The molecule has 0 aliphatic carbocycles. The highest BCUT2D eigenvalue weighted by atomic mass is 32.2. The van der Waals surface area contributed by atoms with Gasteiger partial charge in [0.1, 0.15) is 13.2 Å². The van der Waals surface area contributed by atoms with E-state index in [0.29, 0.717) is 0 Å². The van der Waals surface area contributed by atoms with Gasteiger partial charge in [0.15, 0.2) is 11.9 Å². The Morgan fingerprint density at radius 3 is 2.55 bits per heavy atom. The molecule has 154 valence electrons. The monoisotopic (exact) mass is 423 g/mol. The quantitative estimate of drug-likeness (QED) is 0.226. The Bertz CT molecular complexity index is 1050. The Labute approximate surface area is 166 Å². The molecule has 1 aliphatic rings. The van der Waals surface area contributed by atoms with Gasteiger partial charge in [-0.15, -0.1) is 0 Å². The van der Waals surface area contributed by atoms with Gasteiger partial charge in [-0.3, -0.25) is 19.1 Å². The van der Waals surface area contributed by atoms with Gasteiger partial charge < -0.3 is 14.2 Å². The molecule has 0 unspecified atom stereocenters. The Morgan fingerprint density at radius 1 is 1.24 bits per heavy atom. The van der Waals surface area contributed by atoms with E-state index in [1.807, 2.05) is 6.92 Å². The molecule has 0 bridgehead atoms. The van der Waals surface area contributed by atoms with Gasteiger partial charge >= 0.3 is 11.7 Å². The molecule has 0 radical (unpaired) electrons. The third kappa shape index (κ3) is 4.63. The van der Waals surface area contributed by atoms with Crippen molar-refractivity contribution in [2.75, 3.05) is 13.2 Å². The molecule has 1 heterocycles. The summed E-state index contributed by atoms with van der Waals surface area (Å²) < 4.78 is 45.7. The maximum Gasteiger partial charge on any atom is 0.315 e. The van der Waals surface area contributed by atoms with Crippen LogP contribution in [0.3, 0.4) is 0 Å². The maximum atomic E-state index is 12.3. The summed E-state index contributed by atoms with van der Waals surface area (Å²) in [5, 5.41) is 11.2. The Morgan fingerprint density at radius 2 is 1.93 bits per heavy atom. The van der Waals surface area contributed by atoms with E-state index in [-0.39, 0.29) is 23.0 Å². The van der Waals surface area contributed by atoms with Crippen molar-refractivity contribution in [1.82, 2.24) is 0 Å². The lowest BCUT2D eigenvalue weighted by Crippen LogP contribution is -2.34. The van der Waals surface area contributed by atoms with Crippen LogP contribution in [0.1, 0.15) is 12.5 Å². The van der Waals surface area contributed by atoms with Gasteiger partial charge in [-0.1, -0.05) is 17.7 Å². The third-order valence-electron chi connectivity index (χ3n) is 3.93. The summed E-state index contributed by atoms with van der Waals surface area (Å²) in [7, 11) is -4.03. The summed E-state index contributed by atoms with van der Waals surface area (Å²) in [4.78, 5) is 21.8. The highest BCUT2D eigenvalue weighted by molar-refractivity contribution is 7.86. The molecule has 1 aliphatic heterocycles. The van der Waals surface area contributed by atoms with Crippen LogP contribution in [0.25, 0.3) is 0 Å². The summed E-state index contributed by atoms with van der Waals surface area (Å²) in [6.45, 7) is 2.44. The van der Waals surface area contributed by atoms with Crippen LogP contribution >= 0.6 is 0 Å². The number of fused-ring (bicyclic) bond motifs is 1. The fourth-order valence-corrected chi connectivity index (χ4v) is 3.49. The first-order chi connectivity index (χ1) is 13.7. The number of ether oxygens (including phenoxy) is 3. The zero-order valence-electron chi connectivity index (χ0n) is 15.5.